The Kier molecular flexibility index (Phi) is 8.46. The Morgan fingerprint density at radius 3 is 2.04 bits per heavy atom. The number of halogens is 2. The molecule has 0 bridgehead atoms. The molecule has 0 radical (unpaired) electrons. The first kappa shape index (κ1) is 21.6. The monoisotopic (exact) mass is 486 g/mol. The minimum atomic E-state index is -0.0213. The van der Waals surface area contributed by atoms with Crippen molar-refractivity contribution in [1.29, 1.82) is 0 Å². The summed E-state index contributed by atoms with van der Waals surface area (Å²) in [5.41, 5.74) is 5.07. The van der Waals surface area contributed by atoms with Gasteiger partial charge in [0, 0.05) is 20.1 Å². The topological polar surface area (TPSA) is 17.1 Å². The third kappa shape index (κ3) is 6.15. The van der Waals surface area contributed by atoms with Crippen LogP contribution < -0.4 is 0 Å². The van der Waals surface area contributed by atoms with Gasteiger partial charge in [0.1, 0.15) is 0 Å². The molecule has 0 aliphatic rings. The Morgan fingerprint density at radius 2 is 1.52 bits per heavy atom. The summed E-state index contributed by atoms with van der Waals surface area (Å²) in [4.78, 5) is 12.4. The first-order valence-electron chi connectivity index (χ1n) is 8.99. The second-order valence-corrected chi connectivity index (χ2v) is 8.19. The van der Waals surface area contributed by atoms with Gasteiger partial charge >= 0.3 is 0 Å². The van der Waals surface area contributed by atoms with Crippen LogP contribution in [-0.2, 0) is 12.8 Å². The van der Waals surface area contributed by atoms with E-state index in [4.69, 9.17) is 0 Å². The summed E-state index contributed by atoms with van der Waals surface area (Å²) in [5.74, 6) is -0.0213. The van der Waals surface area contributed by atoms with Crippen molar-refractivity contribution in [2.24, 2.45) is 0 Å². The zero-order chi connectivity index (χ0) is 19.8. The average molecular weight is 488 g/mol. The number of carbonyl (C=O) groups is 1. The zero-order valence-corrected chi connectivity index (χ0v) is 18.8. The third-order valence-corrected chi connectivity index (χ3v) is 6.16. The van der Waals surface area contributed by atoms with E-state index in [-0.39, 0.29) is 5.78 Å². The van der Waals surface area contributed by atoms with E-state index >= 15 is 0 Å². The van der Waals surface area contributed by atoms with Crippen molar-refractivity contribution in [2.45, 2.75) is 32.6 Å². The number of ketones is 1. The van der Waals surface area contributed by atoms with E-state index < -0.39 is 0 Å². The lowest BCUT2D eigenvalue weighted by Gasteiger charge is -2.08. The van der Waals surface area contributed by atoms with E-state index in [2.05, 4.69) is 64.1 Å². The predicted molar refractivity (Wildman–Crippen MR) is 122 cm³/mol. The van der Waals surface area contributed by atoms with Crippen LogP contribution in [0.25, 0.3) is 0 Å². The molecule has 0 fully saturated rings. The Hall–Kier alpha value is -1.71. The van der Waals surface area contributed by atoms with E-state index in [1.54, 1.807) is 18.2 Å². The number of hydrogen-bond acceptors (Lipinski definition) is 1. The maximum absolute atomic E-state index is 12.4. The number of allylic oxidation sites excluding steroid dienone is 4. The fourth-order valence-electron chi connectivity index (χ4n) is 2.85. The van der Waals surface area contributed by atoms with Gasteiger partial charge in [0.25, 0.3) is 0 Å². The lowest BCUT2D eigenvalue weighted by molar-refractivity contribution is 0.103. The minimum Gasteiger partial charge on any atom is -0.289 e. The summed E-state index contributed by atoms with van der Waals surface area (Å²) < 4.78 is 2.30. The van der Waals surface area contributed by atoms with Crippen LogP contribution in [-0.4, -0.2) is 5.78 Å². The number of rotatable bonds is 9. The van der Waals surface area contributed by atoms with Crippen LogP contribution >= 0.6 is 31.9 Å². The van der Waals surface area contributed by atoms with Crippen LogP contribution in [0.3, 0.4) is 0 Å². The lowest BCUT2D eigenvalue weighted by Crippen LogP contribution is -2.01. The van der Waals surface area contributed by atoms with Crippen molar-refractivity contribution in [3.63, 3.8) is 0 Å². The number of Topliss-reactive ketones (excluding diaryl/α,β-unsaturated/α-hetero) is 1. The smallest absolute Gasteiger partial charge is 0.192 e. The normalized spacial score (nSPS) is 11.3. The standard InChI is InChI=1S/C24H24Br2O/c1-4-8-20(5-2)24(27)21-13-11-18(12-14-21)9-6-7-10-19-15-22(25)17(3)23(26)16-19/h4-5,8,11-16H,1-2,6-7,9-10H2,3H3/b20-8+. The molecule has 0 aliphatic carbocycles. The van der Waals surface area contributed by atoms with Gasteiger partial charge < -0.3 is 0 Å². The van der Waals surface area contributed by atoms with Crippen molar-refractivity contribution < 1.29 is 4.79 Å². The molecule has 3 heteroatoms. The highest BCUT2D eigenvalue weighted by Crippen LogP contribution is 2.27. The minimum absolute atomic E-state index is 0.0213. The van der Waals surface area contributed by atoms with Crippen molar-refractivity contribution >= 4 is 37.6 Å². The summed E-state index contributed by atoms with van der Waals surface area (Å²) in [6, 6.07) is 12.3. The zero-order valence-electron chi connectivity index (χ0n) is 15.6. The van der Waals surface area contributed by atoms with Crippen LogP contribution in [0, 0.1) is 6.92 Å². The Morgan fingerprint density at radius 1 is 0.963 bits per heavy atom. The molecular formula is C24H24Br2O. The van der Waals surface area contributed by atoms with Crippen molar-refractivity contribution in [3.05, 3.63) is 105 Å². The van der Waals surface area contributed by atoms with Crippen molar-refractivity contribution in [3.8, 4) is 0 Å². The molecule has 2 rings (SSSR count). The third-order valence-electron chi connectivity index (χ3n) is 4.52. The maximum Gasteiger partial charge on any atom is 0.192 e. The number of hydrogen-bond donors (Lipinski definition) is 0. The fraction of sp³-hybridized carbons (Fsp3) is 0.208. The van der Waals surface area contributed by atoms with E-state index in [0.29, 0.717) is 11.1 Å². The van der Waals surface area contributed by atoms with Crippen molar-refractivity contribution in [2.75, 3.05) is 0 Å². The maximum atomic E-state index is 12.4. The average Bonchev–Trinajstić information content (AvgIpc) is 2.67. The summed E-state index contributed by atoms with van der Waals surface area (Å²) in [7, 11) is 0. The first-order valence-corrected chi connectivity index (χ1v) is 10.6. The number of carbonyl (C=O) groups excluding carboxylic acids is 1. The Bertz CT molecular complexity index is 837. The molecule has 2 aromatic rings. The highest BCUT2D eigenvalue weighted by molar-refractivity contribution is 9.11. The molecule has 27 heavy (non-hydrogen) atoms. The van der Waals surface area contributed by atoms with Gasteiger partial charge in [-0.2, -0.15) is 0 Å². The summed E-state index contributed by atoms with van der Waals surface area (Å²) >= 11 is 7.23. The van der Waals surface area contributed by atoms with Crippen LogP contribution in [0.5, 0.6) is 0 Å². The molecule has 0 unspecified atom stereocenters. The molecule has 0 amide bonds. The fourth-order valence-corrected chi connectivity index (χ4v) is 4.13. The van der Waals surface area contributed by atoms with E-state index in [9.17, 15) is 4.79 Å². The van der Waals surface area contributed by atoms with Gasteiger partial charge in [-0.15, -0.1) is 0 Å². The van der Waals surface area contributed by atoms with Gasteiger partial charge in [-0.3, -0.25) is 4.79 Å². The van der Waals surface area contributed by atoms with Crippen molar-refractivity contribution in [1.82, 2.24) is 0 Å². The second kappa shape index (κ2) is 10.6. The summed E-state index contributed by atoms with van der Waals surface area (Å²) in [5, 5.41) is 0. The van der Waals surface area contributed by atoms with Gasteiger partial charge in [0.05, 0.1) is 0 Å². The quantitative estimate of drug-likeness (QED) is 0.154. The molecule has 0 aromatic heterocycles. The number of aryl methyl sites for hydroxylation is 2. The lowest BCUT2D eigenvalue weighted by atomic mass is 9.99. The van der Waals surface area contributed by atoms with E-state index in [1.807, 2.05) is 24.3 Å². The van der Waals surface area contributed by atoms with Gasteiger partial charge in [-0.05, 0) is 61.4 Å². The Labute approximate surface area is 179 Å². The second-order valence-electron chi connectivity index (χ2n) is 6.48. The molecule has 0 saturated carbocycles. The van der Waals surface area contributed by atoms with Crippen LogP contribution in [0.2, 0.25) is 0 Å². The number of benzene rings is 2. The SMILES string of the molecule is C=C/C=C(\C=C)C(=O)c1ccc(CCCCc2cc(Br)c(C)c(Br)c2)cc1. The molecule has 0 saturated heterocycles. The molecule has 140 valence electrons. The predicted octanol–water partition coefficient (Wildman–Crippen LogP) is 7.57. The highest BCUT2D eigenvalue weighted by Gasteiger charge is 2.09. The van der Waals surface area contributed by atoms with Gasteiger partial charge in [-0.25, -0.2) is 0 Å². The van der Waals surface area contributed by atoms with Gasteiger partial charge in [0.2, 0.25) is 0 Å². The largest absolute Gasteiger partial charge is 0.289 e. The Balaban J connectivity index is 1.88. The molecular weight excluding hydrogens is 464 g/mol. The van der Waals surface area contributed by atoms with Crippen LogP contribution in [0.4, 0.5) is 0 Å². The van der Waals surface area contributed by atoms with E-state index in [1.165, 1.54) is 16.7 Å². The van der Waals surface area contributed by atoms with Gasteiger partial charge in [0.15, 0.2) is 5.78 Å². The van der Waals surface area contributed by atoms with E-state index in [0.717, 1.165) is 34.6 Å². The van der Waals surface area contributed by atoms with Crippen LogP contribution in [0.1, 0.15) is 39.9 Å². The molecule has 0 atom stereocenters. The molecule has 1 nitrogen and oxygen atoms in total. The first-order chi connectivity index (χ1) is 13.0. The molecule has 0 N–H and O–H groups in total. The number of unbranched alkanes of at least 4 members (excludes halogenated alkanes) is 1. The highest BCUT2D eigenvalue weighted by atomic mass is 79.9. The molecule has 0 aliphatic heterocycles. The molecule has 0 spiro atoms. The molecule has 2 aromatic carbocycles. The summed E-state index contributed by atoms with van der Waals surface area (Å²) in [6.45, 7) is 9.42. The van der Waals surface area contributed by atoms with Crippen LogP contribution in [0.15, 0.2) is 82.3 Å². The molecule has 0 heterocycles. The van der Waals surface area contributed by atoms with Gasteiger partial charge in [-0.1, -0.05) is 87.5 Å². The summed E-state index contributed by atoms with van der Waals surface area (Å²) in [6.07, 6.45) is 9.18.